The second kappa shape index (κ2) is 8.69. The van der Waals surface area contributed by atoms with Gasteiger partial charge in [-0.15, -0.1) is 0 Å². The van der Waals surface area contributed by atoms with Crippen molar-refractivity contribution in [2.75, 3.05) is 6.54 Å². The smallest absolute Gasteiger partial charge is 0.251 e. The molecule has 2 heteroatoms. The van der Waals surface area contributed by atoms with Crippen LogP contribution in [-0.4, -0.2) is 12.5 Å². The maximum atomic E-state index is 12.0. The summed E-state index contributed by atoms with van der Waals surface area (Å²) in [6, 6.07) is 17.3. The van der Waals surface area contributed by atoms with E-state index in [4.69, 9.17) is 0 Å². The summed E-state index contributed by atoms with van der Waals surface area (Å²) < 4.78 is 0. The highest BCUT2D eigenvalue weighted by molar-refractivity contribution is 5.94. The van der Waals surface area contributed by atoms with Gasteiger partial charge in [-0.25, -0.2) is 0 Å². The van der Waals surface area contributed by atoms with E-state index in [2.05, 4.69) is 24.1 Å². The second-order valence-corrected chi connectivity index (χ2v) is 5.16. The monoisotopic (exact) mass is 291 g/mol. The fourth-order valence-electron chi connectivity index (χ4n) is 2.05. The van der Waals surface area contributed by atoms with Crippen LogP contribution in [0.2, 0.25) is 0 Å². The number of benzene rings is 2. The first-order valence-corrected chi connectivity index (χ1v) is 7.75. The van der Waals surface area contributed by atoms with E-state index in [0.717, 1.165) is 36.9 Å². The Morgan fingerprint density at radius 1 is 0.909 bits per heavy atom. The van der Waals surface area contributed by atoms with Crippen LogP contribution in [0.4, 0.5) is 0 Å². The zero-order chi connectivity index (χ0) is 15.6. The molecule has 0 fully saturated rings. The fraction of sp³-hybridized carbons (Fsp3) is 0.250. The quantitative estimate of drug-likeness (QED) is 0.654. The first kappa shape index (κ1) is 15.9. The van der Waals surface area contributed by atoms with Crippen molar-refractivity contribution >= 4 is 5.91 Å². The molecule has 0 spiro atoms. The summed E-state index contributed by atoms with van der Waals surface area (Å²) >= 11 is 0. The van der Waals surface area contributed by atoms with Crippen LogP contribution in [0, 0.1) is 11.8 Å². The van der Waals surface area contributed by atoms with Gasteiger partial charge in [0.1, 0.15) is 0 Å². The molecule has 0 atom stereocenters. The van der Waals surface area contributed by atoms with E-state index in [-0.39, 0.29) is 5.91 Å². The average molecular weight is 291 g/mol. The predicted molar refractivity (Wildman–Crippen MR) is 90.7 cm³/mol. The third-order valence-electron chi connectivity index (χ3n) is 3.34. The highest BCUT2D eigenvalue weighted by atomic mass is 16.1. The summed E-state index contributed by atoms with van der Waals surface area (Å²) in [6.45, 7) is 2.89. The van der Waals surface area contributed by atoms with Gasteiger partial charge in [-0.05, 0) is 42.8 Å². The van der Waals surface area contributed by atoms with Crippen LogP contribution in [0.15, 0.2) is 54.6 Å². The zero-order valence-electron chi connectivity index (χ0n) is 12.9. The third kappa shape index (κ3) is 5.10. The van der Waals surface area contributed by atoms with Crippen molar-refractivity contribution in [3.63, 3.8) is 0 Å². The molecule has 0 saturated heterocycles. The van der Waals surface area contributed by atoms with Crippen LogP contribution in [0.25, 0.3) is 0 Å². The van der Waals surface area contributed by atoms with Crippen molar-refractivity contribution in [3.05, 3.63) is 71.3 Å². The lowest BCUT2D eigenvalue weighted by Gasteiger charge is -2.04. The Morgan fingerprint density at radius 2 is 1.55 bits per heavy atom. The molecular weight excluding hydrogens is 270 g/mol. The van der Waals surface area contributed by atoms with Gasteiger partial charge in [-0.3, -0.25) is 4.79 Å². The molecule has 2 rings (SSSR count). The van der Waals surface area contributed by atoms with Crippen LogP contribution in [0.5, 0.6) is 0 Å². The van der Waals surface area contributed by atoms with Crippen molar-refractivity contribution in [1.82, 2.24) is 5.32 Å². The molecule has 2 aromatic rings. The van der Waals surface area contributed by atoms with E-state index in [1.165, 1.54) is 0 Å². The summed E-state index contributed by atoms with van der Waals surface area (Å²) in [4.78, 5) is 12.0. The Labute approximate surface area is 132 Å². The molecule has 0 unspecified atom stereocenters. The van der Waals surface area contributed by atoms with Crippen molar-refractivity contribution < 1.29 is 4.79 Å². The molecule has 1 amide bonds. The molecule has 0 aromatic heterocycles. The molecule has 1 N–H and O–H groups in total. The summed E-state index contributed by atoms with van der Waals surface area (Å²) in [5.74, 6) is 6.20. The van der Waals surface area contributed by atoms with E-state index in [1.54, 1.807) is 0 Å². The van der Waals surface area contributed by atoms with E-state index in [0.29, 0.717) is 5.56 Å². The van der Waals surface area contributed by atoms with Crippen LogP contribution < -0.4 is 5.32 Å². The van der Waals surface area contributed by atoms with Gasteiger partial charge in [0.25, 0.3) is 5.91 Å². The Bertz CT molecular complexity index is 648. The van der Waals surface area contributed by atoms with Gasteiger partial charge in [-0.2, -0.15) is 0 Å². The molecule has 0 bridgehead atoms. The number of carbonyl (C=O) groups excluding carboxylic acids is 1. The van der Waals surface area contributed by atoms with Crippen molar-refractivity contribution in [1.29, 1.82) is 0 Å². The van der Waals surface area contributed by atoms with Gasteiger partial charge in [0, 0.05) is 23.2 Å². The molecular formula is C20H21NO. The minimum absolute atomic E-state index is 0.0151. The molecule has 22 heavy (non-hydrogen) atoms. The standard InChI is InChI=1S/C20H21NO/c1-2-3-7-16-21-20(22)19-14-12-18(13-15-19)11-10-17-8-5-4-6-9-17/h4-6,8-9,12-15H,2-3,7,16H2,1H3,(H,21,22). The highest BCUT2D eigenvalue weighted by Crippen LogP contribution is 2.04. The molecule has 0 heterocycles. The highest BCUT2D eigenvalue weighted by Gasteiger charge is 2.03. The summed E-state index contributed by atoms with van der Waals surface area (Å²) in [5, 5.41) is 2.94. The zero-order valence-corrected chi connectivity index (χ0v) is 12.9. The molecule has 112 valence electrons. The van der Waals surface area contributed by atoms with Crippen LogP contribution in [0.3, 0.4) is 0 Å². The van der Waals surface area contributed by atoms with E-state index in [1.807, 2.05) is 54.6 Å². The number of nitrogens with one attached hydrogen (secondary N) is 1. The lowest BCUT2D eigenvalue weighted by atomic mass is 10.1. The Balaban J connectivity index is 1.93. The molecule has 0 aliphatic rings. The average Bonchev–Trinajstić information content (AvgIpc) is 2.58. The number of rotatable bonds is 5. The number of carbonyl (C=O) groups is 1. The first-order chi connectivity index (χ1) is 10.8. The third-order valence-corrected chi connectivity index (χ3v) is 3.34. The SMILES string of the molecule is CCCCCNC(=O)c1ccc(C#Cc2ccccc2)cc1. The molecule has 2 nitrogen and oxygen atoms in total. The largest absolute Gasteiger partial charge is 0.352 e. The van der Waals surface area contributed by atoms with Crippen LogP contribution in [0.1, 0.15) is 47.7 Å². The number of amides is 1. The molecule has 0 aliphatic carbocycles. The lowest BCUT2D eigenvalue weighted by molar-refractivity contribution is 0.0953. The van der Waals surface area contributed by atoms with Gasteiger partial charge in [0.05, 0.1) is 0 Å². The topological polar surface area (TPSA) is 29.1 Å². The van der Waals surface area contributed by atoms with Gasteiger partial charge < -0.3 is 5.32 Å². The summed E-state index contributed by atoms with van der Waals surface area (Å²) in [7, 11) is 0. The van der Waals surface area contributed by atoms with Crippen LogP contribution >= 0.6 is 0 Å². The number of hydrogen-bond donors (Lipinski definition) is 1. The molecule has 2 aromatic carbocycles. The first-order valence-electron chi connectivity index (χ1n) is 7.75. The summed E-state index contributed by atoms with van der Waals surface area (Å²) in [5.41, 5.74) is 2.58. The van der Waals surface area contributed by atoms with E-state index in [9.17, 15) is 4.79 Å². The maximum Gasteiger partial charge on any atom is 0.251 e. The second-order valence-electron chi connectivity index (χ2n) is 5.16. The van der Waals surface area contributed by atoms with Crippen molar-refractivity contribution in [2.45, 2.75) is 26.2 Å². The lowest BCUT2D eigenvalue weighted by Crippen LogP contribution is -2.24. The van der Waals surface area contributed by atoms with E-state index < -0.39 is 0 Å². The van der Waals surface area contributed by atoms with Crippen LogP contribution in [-0.2, 0) is 0 Å². The molecule has 0 saturated carbocycles. The normalized spacial score (nSPS) is 9.68. The minimum Gasteiger partial charge on any atom is -0.352 e. The van der Waals surface area contributed by atoms with Crippen molar-refractivity contribution in [2.24, 2.45) is 0 Å². The maximum absolute atomic E-state index is 12.0. The number of hydrogen-bond acceptors (Lipinski definition) is 1. The summed E-state index contributed by atoms with van der Waals surface area (Å²) in [6.07, 6.45) is 3.34. The van der Waals surface area contributed by atoms with Gasteiger partial charge in [0.15, 0.2) is 0 Å². The molecule has 0 radical (unpaired) electrons. The van der Waals surface area contributed by atoms with Gasteiger partial charge >= 0.3 is 0 Å². The minimum atomic E-state index is -0.0151. The number of unbranched alkanes of at least 4 members (excludes halogenated alkanes) is 2. The van der Waals surface area contributed by atoms with Gasteiger partial charge in [-0.1, -0.05) is 49.8 Å². The Hall–Kier alpha value is -2.53. The molecule has 0 aliphatic heterocycles. The van der Waals surface area contributed by atoms with E-state index >= 15 is 0 Å². The Morgan fingerprint density at radius 3 is 2.18 bits per heavy atom. The fourth-order valence-corrected chi connectivity index (χ4v) is 2.05. The van der Waals surface area contributed by atoms with Crippen molar-refractivity contribution in [3.8, 4) is 11.8 Å². The van der Waals surface area contributed by atoms with Gasteiger partial charge in [0.2, 0.25) is 0 Å². The Kier molecular flexibility index (Phi) is 6.26. The predicted octanol–water partition coefficient (Wildman–Crippen LogP) is 4.01.